The lowest BCUT2D eigenvalue weighted by molar-refractivity contribution is -0.126. The van der Waals surface area contributed by atoms with Crippen molar-refractivity contribution >= 4 is 29.1 Å². The summed E-state index contributed by atoms with van der Waals surface area (Å²) in [5, 5.41) is 6.03. The predicted octanol–water partition coefficient (Wildman–Crippen LogP) is 3.04. The summed E-state index contributed by atoms with van der Waals surface area (Å²) in [6.07, 6.45) is 0.355. The Morgan fingerprint density at radius 1 is 1.04 bits per heavy atom. The van der Waals surface area contributed by atoms with Crippen molar-refractivity contribution in [3.8, 4) is 11.5 Å². The van der Waals surface area contributed by atoms with Crippen molar-refractivity contribution in [2.75, 3.05) is 26.1 Å². The van der Waals surface area contributed by atoms with Crippen molar-refractivity contribution in [3.05, 3.63) is 53.1 Å². The Bertz CT molecular complexity index is 780. The molecule has 2 aromatic rings. The average molecular weight is 377 g/mol. The summed E-state index contributed by atoms with van der Waals surface area (Å²) < 4.78 is 10.3. The maximum absolute atomic E-state index is 12.1. The van der Waals surface area contributed by atoms with E-state index in [0.29, 0.717) is 35.2 Å². The maximum Gasteiger partial charge on any atom is 0.233 e. The molecule has 0 fully saturated rings. The Morgan fingerprint density at radius 2 is 1.85 bits per heavy atom. The Balaban J connectivity index is 1.82. The van der Waals surface area contributed by atoms with Gasteiger partial charge in [-0.05, 0) is 36.2 Å². The molecule has 0 unspecified atom stereocenters. The number of nitrogens with one attached hydrogen (secondary N) is 2. The van der Waals surface area contributed by atoms with Gasteiger partial charge in [-0.25, -0.2) is 0 Å². The van der Waals surface area contributed by atoms with Gasteiger partial charge >= 0.3 is 0 Å². The highest BCUT2D eigenvalue weighted by Gasteiger charge is 2.13. The zero-order valence-corrected chi connectivity index (χ0v) is 15.4. The van der Waals surface area contributed by atoms with E-state index in [-0.39, 0.29) is 12.3 Å². The fourth-order valence-corrected chi connectivity index (χ4v) is 2.57. The van der Waals surface area contributed by atoms with Crippen LogP contribution in [0.1, 0.15) is 12.0 Å². The molecule has 0 aliphatic carbocycles. The number of hydrogen-bond donors (Lipinski definition) is 2. The second-order valence-corrected chi connectivity index (χ2v) is 5.96. The first-order valence-corrected chi connectivity index (χ1v) is 8.42. The molecule has 0 aromatic heterocycles. The van der Waals surface area contributed by atoms with Crippen LogP contribution in [0.15, 0.2) is 42.5 Å². The Hall–Kier alpha value is -2.73. The second-order valence-electron chi connectivity index (χ2n) is 5.52. The van der Waals surface area contributed by atoms with E-state index in [9.17, 15) is 9.59 Å². The van der Waals surface area contributed by atoms with Gasteiger partial charge in [0.2, 0.25) is 11.8 Å². The molecule has 0 radical (unpaired) electrons. The van der Waals surface area contributed by atoms with E-state index >= 15 is 0 Å². The van der Waals surface area contributed by atoms with Gasteiger partial charge in [-0.2, -0.15) is 0 Å². The molecule has 26 heavy (non-hydrogen) atoms. The number of hydrogen-bond acceptors (Lipinski definition) is 4. The van der Waals surface area contributed by atoms with Crippen molar-refractivity contribution in [2.45, 2.75) is 12.8 Å². The van der Waals surface area contributed by atoms with Crippen molar-refractivity contribution in [1.29, 1.82) is 0 Å². The minimum absolute atomic E-state index is 0.282. The minimum atomic E-state index is -0.434. The monoisotopic (exact) mass is 376 g/mol. The van der Waals surface area contributed by atoms with Crippen LogP contribution in [-0.2, 0) is 16.0 Å². The molecule has 0 atom stereocenters. The van der Waals surface area contributed by atoms with Gasteiger partial charge in [0.1, 0.15) is 17.9 Å². The molecule has 2 aromatic carbocycles. The molecule has 0 spiro atoms. The highest BCUT2D eigenvalue weighted by molar-refractivity contribution is 6.30. The lowest BCUT2D eigenvalue weighted by atomic mass is 10.1. The van der Waals surface area contributed by atoms with Crippen LogP contribution in [0.2, 0.25) is 5.02 Å². The number of ether oxygens (including phenoxy) is 2. The smallest absolute Gasteiger partial charge is 0.233 e. The fourth-order valence-electron chi connectivity index (χ4n) is 2.35. The van der Waals surface area contributed by atoms with E-state index in [1.165, 1.54) is 14.2 Å². The Kier molecular flexibility index (Phi) is 7.29. The summed E-state index contributed by atoms with van der Waals surface area (Å²) in [5.74, 6) is 0.274. The molecule has 0 saturated carbocycles. The summed E-state index contributed by atoms with van der Waals surface area (Å²) in [4.78, 5) is 24.0. The molecule has 0 heterocycles. The lowest BCUT2D eigenvalue weighted by Crippen LogP contribution is -2.29. The van der Waals surface area contributed by atoms with E-state index in [1.54, 1.807) is 24.3 Å². The number of anilines is 1. The third kappa shape index (κ3) is 5.97. The molecule has 6 nitrogen and oxygen atoms in total. The normalized spacial score (nSPS) is 10.1. The molecule has 138 valence electrons. The van der Waals surface area contributed by atoms with Gasteiger partial charge in [0.15, 0.2) is 0 Å². The molecular weight excluding hydrogens is 356 g/mol. The van der Waals surface area contributed by atoms with Crippen LogP contribution in [-0.4, -0.2) is 32.6 Å². The third-order valence-corrected chi connectivity index (χ3v) is 3.86. The first kappa shape index (κ1) is 19.6. The summed E-state index contributed by atoms with van der Waals surface area (Å²) in [7, 11) is 3.03. The topological polar surface area (TPSA) is 76.7 Å². The van der Waals surface area contributed by atoms with E-state index in [4.69, 9.17) is 21.1 Å². The van der Waals surface area contributed by atoms with Crippen molar-refractivity contribution in [3.63, 3.8) is 0 Å². The first-order chi connectivity index (χ1) is 12.5. The maximum atomic E-state index is 12.1. The molecule has 2 N–H and O–H groups in total. The summed E-state index contributed by atoms with van der Waals surface area (Å²) in [5.41, 5.74) is 1.46. The van der Waals surface area contributed by atoms with Crippen LogP contribution in [0.25, 0.3) is 0 Å². The number of carbonyl (C=O) groups excluding carboxylic acids is 2. The molecule has 0 aliphatic heterocycles. The molecule has 7 heteroatoms. The molecule has 2 rings (SSSR count). The summed E-state index contributed by atoms with van der Waals surface area (Å²) in [6, 6.07) is 12.5. The highest BCUT2D eigenvalue weighted by Crippen LogP contribution is 2.28. The summed E-state index contributed by atoms with van der Waals surface area (Å²) in [6.45, 7) is 0.426. The van der Waals surface area contributed by atoms with Crippen LogP contribution in [0.3, 0.4) is 0 Å². The number of amides is 2. The van der Waals surface area contributed by atoms with Crippen LogP contribution in [0, 0.1) is 0 Å². The number of carbonyl (C=O) groups is 2. The SMILES string of the molecule is COc1ccc(OC)c(NC(=O)CC(=O)NCCc2cccc(Cl)c2)c1. The van der Waals surface area contributed by atoms with Crippen LogP contribution in [0.4, 0.5) is 5.69 Å². The van der Waals surface area contributed by atoms with Gasteiger partial charge < -0.3 is 20.1 Å². The van der Waals surface area contributed by atoms with Crippen LogP contribution in [0.5, 0.6) is 11.5 Å². The van der Waals surface area contributed by atoms with Gasteiger partial charge in [-0.1, -0.05) is 23.7 Å². The van der Waals surface area contributed by atoms with E-state index < -0.39 is 5.91 Å². The van der Waals surface area contributed by atoms with Crippen molar-refractivity contribution < 1.29 is 19.1 Å². The summed E-state index contributed by atoms with van der Waals surface area (Å²) >= 11 is 5.92. The third-order valence-electron chi connectivity index (χ3n) is 3.63. The van der Waals surface area contributed by atoms with E-state index in [1.807, 2.05) is 18.2 Å². The lowest BCUT2D eigenvalue weighted by Gasteiger charge is -2.12. The van der Waals surface area contributed by atoms with Gasteiger partial charge in [0, 0.05) is 17.6 Å². The van der Waals surface area contributed by atoms with Crippen molar-refractivity contribution in [2.24, 2.45) is 0 Å². The Labute approximate surface area is 157 Å². The largest absolute Gasteiger partial charge is 0.497 e. The molecule has 0 bridgehead atoms. The van der Waals surface area contributed by atoms with Crippen LogP contribution < -0.4 is 20.1 Å². The zero-order chi connectivity index (χ0) is 18.9. The van der Waals surface area contributed by atoms with Crippen molar-refractivity contribution in [1.82, 2.24) is 5.32 Å². The Morgan fingerprint density at radius 3 is 2.54 bits per heavy atom. The van der Waals surface area contributed by atoms with Gasteiger partial charge in [0.05, 0.1) is 19.9 Å². The van der Waals surface area contributed by atoms with E-state index in [0.717, 1.165) is 5.56 Å². The van der Waals surface area contributed by atoms with Gasteiger partial charge in [-0.3, -0.25) is 9.59 Å². The standard InChI is InChI=1S/C19H21ClN2O4/c1-25-15-6-7-17(26-2)16(11-15)22-19(24)12-18(23)21-9-8-13-4-3-5-14(20)10-13/h3-7,10-11H,8-9,12H2,1-2H3,(H,21,23)(H,22,24). The van der Waals surface area contributed by atoms with E-state index in [2.05, 4.69) is 10.6 Å². The number of benzene rings is 2. The molecule has 0 saturated heterocycles. The number of halogens is 1. The second kappa shape index (κ2) is 9.68. The zero-order valence-electron chi connectivity index (χ0n) is 14.7. The van der Waals surface area contributed by atoms with Gasteiger partial charge in [0.25, 0.3) is 0 Å². The molecule has 2 amide bonds. The first-order valence-electron chi connectivity index (χ1n) is 8.05. The van der Waals surface area contributed by atoms with Gasteiger partial charge in [-0.15, -0.1) is 0 Å². The minimum Gasteiger partial charge on any atom is -0.497 e. The fraction of sp³-hybridized carbons (Fsp3) is 0.263. The highest BCUT2D eigenvalue weighted by atomic mass is 35.5. The quantitative estimate of drug-likeness (QED) is 0.694. The average Bonchev–Trinajstić information content (AvgIpc) is 2.61. The molecular formula is C19H21ClN2O4. The number of rotatable bonds is 8. The van der Waals surface area contributed by atoms with Crippen LogP contribution >= 0.6 is 11.6 Å². The number of methoxy groups -OCH3 is 2. The molecule has 0 aliphatic rings. The predicted molar refractivity (Wildman–Crippen MR) is 101 cm³/mol.